The number of amides is 2. The monoisotopic (exact) mass is 537 g/mol. The van der Waals surface area contributed by atoms with Gasteiger partial charge in [0, 0.05) is 31.2 Å². The summed E-state index contributed by atoms with van der Waals surface area (Å²) in [5, 5.41) is 1.49. The third kappa shape index (κ3) is 5.68. The van der Waals surface area contributed by atoms with E-state index in [0.29, 0.717) is 36.3 Å². The Hall–Kier alpha value is -2.15. The number of ether oxygens (including phenoxy) is 1. The Balaban J connectivity index is 1.48. The molecule has 0 aliphatic carbocycles. The molecule has 0 unspecified atom stereocenters. The molecule has 1 aliphatic rings. The highest BCUT2D eigenvalue weighted by atomic mass is 35.5. The maximum Gasteiger partial charge on any atom is 0.293 e. The van der Waals surface area contributed by atoms with Gasteiger partial charge in [-0.3, -0.25) is 14.5 Å². The van der Waals surface area contributed by atoms with Crippen LogP contribution in [-0.4, -0.2) is 16.0 Å². The zero-order valence-electron chi connectivity index (χ0n) is 16.9. The fraction of sp³-hybridized carbons (Fsp3) is 0.0833. The Morgan fingerprint density at radius 2 is 1.61 bits per heavy atom. The summed E-state index contributed by atoms with van der Waals surface area (Å²) in [4.78, 5) is 26.8. The van der Waals surface area contributed by atoms with Gasteiger partial charge >= 0.3 is 0 Å². The highest BCUT2D eigenvalue weighted by Crippen LogP contribution is 2.36. The van der Waals surface area contributed by atoms with E-state index in [-0.39, 0.29) is 18.4 Å². The van der Waals surface area contributed by atoms with Crippen molar-refractivity contribution in [3.63, 3.8) is 0 Å². The maximum absolute atomic E-state index is 12.9. The molecular weight excluding hydrogens is 524 g/mol. The molecule has 3 aromatic rings. The Kier molecular flexibility index (Phi) is 7.57. The maximum atomic E-state index is 12.9. The van der Waals surface area contributed by atoms with Gasteiger partial charge in [-0.25, -0.2) is 0 Å². The number of carbonyl (C=O) groups is 2. The van der Waals surface area contributed by atoms with E-state index < -0.39 is 5.91 Å². The van der Waals surface area contributed by atoms with E-state index in [0.717, 1.165) is 27.8 Å². The van der Waals surface area contributed by atoms with Crippen molar-refractivity contribution in [3.05, 3.63) is 102 Å². The number of hydrogen-bond acceptors (Lipinski definition) is 4. The molecule has 0 N–H and O–H groups in total. The number of rotatable bonds is 6. The van der Waals surface area contributed by atoms with Crippen LogP contribution in [0.25, 0.3) is 6.08 Å². The van der Waals surface area contributed by atoms with E-state index in [4.69, 9.17) is 51.1 Å². The average Bonchev–Trinajstić information content (AvgIpc) is 3.03. The molecule has 4 nitrogen and oxygen atoms in total. The van der Waals surface area contributed by atoms with E-state index in [1.165, 1.54) is 0 Å². The van der Waals surface area contributed by atoms with Crippen LogP contribution in [0.2, 0.25) is 20.1 Å². The van der Waals surface area contributed by atoms with E-state index in [1.54, 1.807) is 60.7 Å². The molecule has 0 aromatic heterocycles. The molecule has 0 saturated carbocycles. The van der Waals surface area contributed by atoms with Crippen molar-refractivity contribution < 1.29 is 14.3 Å². The Morgan fingerprint density at radius 1 is 0.879 bits per heavy atom. The van der Waals surface area contributed by atoms with Crippen molar-refractivity contribution in [2.45, 2.75) is 13.2 Å². The van der Waals surface area contributed by atoms with Gasteiger partial charge in [0.2, 0.25) is 0 Å². The molecule has 9 heteroatoms. The molecule has 0 bridgehead atoms. The van der Waals surface area contributed by atoms with E-state index >= 15 is 0 Å². The van der Waals surface area contributed by atoms with Crippen molar-refractivity contribution >= 4 is 75.4 Å². The normalized spacial score (nSPS) is 14.9. The summed E-state index contributed by atoms with van der Waals surface area (Å²) in [6.07, 6.45) is 1.65. The van der Waals surface area contributed by atoms with Gasteiger partial charge in [0.05, 0.1) is 11.4 Å². The van der Waals surface area contributed by atoms with Gasteiger partial charge in [0.25, 0.3) is 11.1 Å². The van der Waals surface area contributed by atoms with Crippen molar-refractivity contribution in [1.29, 1.82) is 0 Å². The van der Waals surface area contributed by atoms with Crippen LogP contribution in [0, 0.1) is 0 Å². The number of benzene rings is 3. The number of nitrogens with zero attached hydrogens (tertiary/aromatic N) is 1. The van der Waals surface area contributed by atoms with Crippen LogP contribution in [0.4, 0.5) is 4.79 Å². The molecule has 4 rings (SSSR count). The van der Waals surface area contributed by atoms with Gasteiger partial charge in [-0.2, -0.15) is 0 Å². The molecule has 2 amide bonds. The summed E-state index contributed by atoms with van der Waals surface area (Å²) in [5.41, 5.74) is 2.04. The first-order valence-corrected chi connectivity index (χ1v) is 12.0. The lowest BCUT2D eigenvalue weighted by atomic mass is 10.2. The van der Waals surface area contributed by atoms with Gasteiger partial charge < -0.3 is 4.74 Å². The Morgan fingerprint density at radius 3 is 2.33 bits per heavy atom. The second-order valence-corrected chi connectivity index (χ2v) is 9.72. The summed E-state index contributed by atoms with van der Waals surface area (Å²) in [6.45, 7) is 0.264. The topological polar surface area (TPSA) is 46.6 Å². The predicted octanol–water partition coefficient (Wildman–Crippen LogP) is 8.12. The zero-order valence-corrected chi connectivity index (χ0v) is 20.7. The van der Waals surface area contributed by atoms with Crippen molar-refractivity contribution in [3.8, 4) is 5.75 Å². The Bertz CT molecular complexity index is 1260. The van der Waals surface area contributed by atoms with Crippen LogP contribution in [0.1, 0.15) is 16.7 Å². The number of carbonyl (C=O) groups excluding carboxylic acids is 2. The lowest BCUT2D eigenvalue weighted by molar-refractivity contribution is -0.123. The van der Waals surface area contributed by atoms with Crippen LogP contribution < -0.4 is 4.74 Å². The fourth-order valence-electron chi connectivity index (χ4n) is 3.12. The van der Waals surface area contributed by atoms with E-state index in [9.17, 15) is 9.59 Å². The second kappa shape index (κ2) is 10.4. The summed E-state index contributed by atoms with van der Waals surface area (Å²) in [6, 6.07) is 17.4. The van der Waals surface area contributed by atoms with Gasteiger partial charge in [0.15, 0.2) is 0 Å². The molecule has 1 aliphatic heterocycles. The van der Waals surface area contributed by atoms with Crippen LogP contribution in [0.15, 0.2) is 65.6 Å². The largest absolute Gasteiger partial charge is 0.489 e. The minimum atomic E-state index is -0.403. The third-order valence-electron chi connectivity index (χ3n) is 4.82. The van der Waals surface area contributed by atoms with Crippen LogP contribution >= 0.6 is 58.2 Å². The molecule has 1 saturated heterocycles. The molecule has 168 valence electrons. The number of imide groups is 1. The summed E-state index contributed by atoms with van der Waals surface area (Å²) < 4.78 is 5.84. The number of thioether (sulfide) groups is 1. The van der Waals surface area contributed by atoms with E-state index in [1.807, 2.05) is 6.07 Å². The standard InChI is InChI=1S/C24H15Cl4NO3S/c25-16-8-7-15(21(28)11-16)13-32-17-4-1-3-14(9-17)10-22-23(30)29(24(31)33-22)12-18-19(26)5-2-6-20(18)27/h1-11H,12-13H2/b22-10-. The first-order valence-electron chi connectivity index (χ1n) is 9.67. The Labute approximate surface area is 215 Å². The second-order valence-electron chi connectivity index (χ2n) is 7.06. The molecule has 1 fully saturated rings. The zero-order chi connectivity index (χ0) is 23.5. The first kappa shape index (κ1) is 24.0. The van der Waals surface area contributed by atoms with Gasteiger partial charge in [-0.15, -0.1) is 0 Å². The highest BCUT2D eigenvalue weighted by molar-refractivity contribution is 8.18. The van der Waals surface area contributed by atoms with Crippen molar-refractivity contribution in [2.75, 3.05) is 0 Å². The van der Waals surface area contributed by atoms with Crippen molar-refractivity contribution in [1.82, 2.24) is 4.90 Å². The summed E-state index contributed by atoms with van der Waals surface area (Å²) >= 11 is 25.4. The molecule has 33 heavy (non-hydrogen) atoms. The smallest absolute Gasteiger partial charge is 0.293 e. The first-order chi connectivity index (χ1) is 15.8. The van der Waals surface area contributed by atoms with Crippen molar-refractivity contribution in [2.24, 2.45) is 0 Å². The minimum absolute atomic E-state index is 0.00547. The highest BCUT2D eigenvalue weighted by Gasteiger charge is 2.35. The molecule has 3 aromatic carbocycles. The molecule has 0 radical (unpaired) electrons. The van der Waals surface area contributed by atoms with Gasteiger partial charge in [-0.05, 0) is 59.8 Å². The van der Waals surface area contributed by atoms with E-state index in [2.05, 4.69) is 0 Å². The molecular formula is C24H15Cl4NO3S. The fourth-order valence-corrected chi connectivity index (χ4v) is 4.94. The number of halogens is 4. The quantitative estimate of drug-likeness (QED) is 0.297. The average molecular weight is 539 g/mol. The molecule has 1 heterocycles. The van der Waals surface area contributed by atoms with Crippen LogP contribution in [-0.2, 0) is 17.9 Å². The lowest BCUT2D eigenvalue weighted by Crippen LogP contribution is -2.27. The minimum Gasteiger partial charge on any atom is -0.489 e. The third-order valence-corrected chi connectivity index (χ3v) is 7.02. The summed E-state index contributed by atoms with van der Waals surface area (Å²) in [5.74, 6) is 0.192. The van der Waals surface area contributed by atoms with Gasteiger partial charge in [-0.1, -0.05) is 70.7 Å². The molecule has 0 atom stereocenters. The lowest BCUT2D eigenvalue weighted by Gasteiger charge is -2.14. The summed E-state index contributed by atoms with van der Waals surface area (Å²) in [7, 11) is 0. The van der Waals surface area contributed by atoms with Crippen LogP contribution in [0.3, 0.4) is 0 Å². The SMILES string of the molecule is O=C1S/C(=C\c2cccc(OCc3ccc(Cl)cc3Cl)c2)C(=O)N1Cc1c(Cl)cccc1Cl. The molecule has 0 spiro atoms. The van der Waals surface area contributed by atoms with Crippen LogP contribution in [0.5, 0.6) is 5.75 Å². The van der Waals surface area contributed by atoms with Gasteiger partial charge in [0.1, 0.15) is 12.4 Å². The predicted molar refractivity (Wildman–Crippen MR) is 135 cm³/mol. The number of hydrogen-bond donors (Lipinski definition) is 0.